The molecule has 0 aliphatic rings. The lowest BCUT2D eigenvalue weighted by molar-refractivity contribution is 0.207. The van der Waals surface area contributed by atoms with Crippen LogP contribution in [-0.2, 0) is 0 Å². The average Bonchev–Trinajstić information content (AvgIpc) is 2.40. The van der Waals surface area contributed by atoms with Crippen molar-refractivity contribution < 1.29 is 22.7 Å². The van der Waals surface area contributed by atoms with Crippen LogP contribution in [-0.4, -0.2) is 5.11 Å². The van der Waals surface area contributed by atoms with Crippen molar-refractivity contribution >= 4 is 11.6 Å². The maximum Gasteiger partial charge on any atom is 0.165 e. The molecular weight excluding hydrogens is 296 g/mol. The number of benzene rings is 2. The Morgan fingerprint density at radius 2 is 1.60 bits per heavy atom. The zero-order chi connectivity index (χ0) is 15.0. The van der Waals surface area contributed by atoms with Gasteiger partial charge in [0, 0.05) is 11.1 Å². The van der Waals surface area contributed by atoms with Gasteiger partial charge in [0.15, 0.2) is 11.6 Å². The Hall–Kier alpha value is -1.59. The predicted molar refractivity (Wildman–Crippen MR) is 66.5 cm³/mol. The van der Waals surface area contributed by atoms with E-state index in [1.165, 1.54) is 13.0 Å². The highest BCUT2D eigenvalue weighted by molar-refractivity contribution is 6.30. The molecule has 106 valence electrons. The molecule has 0 spiro atoms. The van der Waals surface area contributed by atoms with E-state index in [-0.39, 0.29) is 5.56 Å². The summed E-state index contributed by atoms with van der Waals surface area (Å²) in [6, 6.07) is 3.67. The predicted octanol–water partition coefficient (Wildman–Crippen LogP) is 4.29. The van der Waals surface area contributed by atoms with Gasteiger partial charge in [0.2, 0.25) is 0 Å². The SMILES string of the molecule is Cc1ccc(C(O)c2cc(F)c(Cl)cc2F)c(F)c1F. The van der Waals surface area contributed by atoms with Gasteiger partial charge in [0.1, 0.15) is 17.7 Å². The fourth-order valence-corrected chi connectivity index (χ4v) is 1.94. The summed E-state index contributed by atoms with van der Waals surface area (Å²) in [4.78, 5) is 0. The molecule has 0 saturated heterocycles. The molecule has 0 bridgehead atoms. The largest absolute Gasteiger partial charge is 0.383 e. The zero-order valence-corrected chi connectivity index (χ0v) is 11.0. The Balaban J connectivity index is 2.55. The number of rotatable bonds is 2. The number of hydrogen-bond donors (Lipinski definition) is 1. The first-order chi connectivity index (χ1) is 9.32. The molecule has 1 unspecified atom stereocenters. The first kappa shape index (κ1) is 14.8. The molecule has 0 amide bonds. The van der Waals surface area contributed by atoms with Crippen LogP contribution in [0, 0.1) is 30.2 Å². The second-order valence-electron chi connectivity index (χ2n) is 4.29. The molecule has 0 aliphatic carbocycles. The van der Waals surface area contributed by atoms with E-state index >= 15 is 0 Å². The highest BCUT2D eigenvalue weighted by Gasteiger charge is 2.23. The van der Waals surface area contributed by atoms with Crippen LogP contribution in [0.4, 0.5) is 17.6 Å². The second kappa shape index (κ2) is 5.42. The molecule has 0 aliphatic heterocycles. The van der Waals surface area contributed by atoms with E-state index < -0.39 is 45.5 Å². The summed E-state index contributed by atoms with van der Waals surface area (Å²) < 4.78 is 54.1. The van der Waals surface area contributed by atoms with E-state index in [4.69, 9.17) is 11.6 Å². The van der Waals surface area contributed by atoms with Crippen molar-refractivity contribution in [1.29, 1.82) is 0 Å². The van der Waals surface area contributed by atoms with Gasteiger partial charge in [-0.3, -0.25) is 0 Å². The van der Waals surface area contributed by atoms with Crippen LogP contribution in [0.5, 0.6) is 0 Å². The van der Waals surface area contributed by atoms with Gasteiger partial charge in [0.25, 0.3) is 0 Å². The van der Waals surface area contributed by atoms with Gasteiger partial charge in [0.05, 0.1) is 5.02 Å². The van der Waals surface area contributed by atoms with E-state index in [9.17, 15) is 22.7 Å². The van der Waals surface area contributed by atoms with E-state index in [1.807, 2.05) is 0 Å². The summed E-state index contributed by atoms with van der Waals surface area (Å²) >= 11 is 5.38. The molecule has 20 heavy (non-hydrogen) atoms. The fourth-order valence-electron chi connectivity index (χ4n) is 1.79. The summed E-state index contributed by atoms with van der Waals surface area (Å²) in [5.74, 6) is -4.41. The lowest BCUT2D eigenvalue weighted by atomic mass is 9.99. The number of hydrogen-bond acceptors (Lipinski definition) is 1. The van der Waals surface area contributed by atoms with Gasteiger partial charge in [-0.25, -0.2) is 17.6 Å². The van der Waals surface area contributed by atoms with Crippen molar-refractivity contribution in [2.45, 2.75) is 13.0 Å². The lowest BCUT2D eigenvalue weighted by Crippen LogP contribution is -2.08. The van der Waals surface area contributed by atoms with E-state index in [2.05, 4.69) is 0 Å². The lowest BCUT2D eigenvalue weighted by Gasteiger charge is -2.15. The fraction of sp³-hybridized carbons (Fsp3) is 0.143. The molecule has 2 rings (SSSR count). The Bertz CT molecular complexity index is 671. The summed E-state index contributed by atoms with van der Waals surface area (Å²) in [6.45, 7) is 1.34. The van der Waals surface area contributed by atoms with Crippen molar-refractivity contribution in [3.8, 4) is 0 Å². The van der Waals surface area contributed by atoms with Crippen molar-refractivity contribution in [2.75, 3.05) is 0 Å². The summed E-state index contributed by atoms with van der Waals surface area (Å²) in [6.07, 6.45) is -1.84. The second-order valence-corrected chi connectivity index (χ2v) is 4.70. The van der Waals surface area contributed by atoms with E-state index in [1.54, 1.807) is 0 Å². The van der Waals surface area contributed by atoms with Crippen LogP contribution < -0.4 is 0 Å². The van der Waals surface area contributed by atoms with Crippen LogP contribution >= 0.6 is 11.6 Å². The van der Waals surface area contributed by atoms with Crippen molar-refractivity contribution in [1.82, 2.24) is 0 Å². The quantitative estimate of drug-likeness (QED) is 0.648. The first-order valence-electron chi connectivity index (χ1n) is 5.60. The topological polar surface area (TPSA) is 20.2 Å². The number of aliphatic hydroxyl groups is 1. The minimum Gasteiger partial charge on any atom is -0.383 e. The average molecular weight is 305 g/mol. The number of halogens is 5. The number of aliphatic hydroxyl groups excluding tert-OH is 1. The Labute approximate surface area is 117 Å². The molecule has 6 heteroatoms. The third kappa shape index (κ3) is 2.51. The maximum atomic E-state index is 13.7. The molecule has 1 N–H and O–H groups in total. The van der Waals surface area contributed by atoms with Crippen LogP contribution in [0.25, 0.3) is 0 Å². The number of aryl methyl sites for hydroxylation is 1. The van der Waals surface area contributed by atoms with Crippen LogP contribution in [0.2, 0.25) is 5.02 Å². The van der Waals surface area contributed by atoms with Gasteiger partial charge in [-0.15, -0.1) is 0 Å². The highest BCUT2D eigenvalue weighted by atomic mass is 35.5. The third-order valence-electron chi connectivity index (χ3n) is 2.93. The molecule has 2 aromatic rings. The molecule has 2 aromatic carbocycles. The van der Waals surface area contributed by atoms with Gasteiger partial charge in [-0.05, 0) is 24.6 Å². The standard InChI is InChI=1S/C14H9ClF4O/c1-6-2-3-7(13(19)12(6)18)14(20)8-4-11(17)9(15)5-10(8)16/h2-5,14,20H,1H3. The molecule has 0 fully saturated rings. The van der Waals surface area contributed by atoms with Crippen LogP contribution in [0.1, 0.15) is 22.8 Å². The zero-order valence-electron chi connectivity index (χ0n) is 10.2. The minimum atomic E-state index is -1.84. The summed E-state index contributed by atoms with van der Waals surface area (Å²) in [7, 11) is 0. The van der Waals surface area contributed by atoms with Crippen molar-refractivity contribution in [2.24, 2.45) is 0 Å². The smallest absolute Gasteiger partial charge is 0.165 e. The van der Waals surface area contributed by atoms with Crippen LogP contribution in [0.15, 0.2) is 24.3 Å². The monoisotopic (exact) mass is 304 g/mol. The van der Waals surface area contributed by atoms with Gasteiger partial charge in [-0.1, -0.05) is 23.7 Å². The molecular formula is C14H9ClF4O. The summed E-state index contributed by atoms with van der Waals surface area (Å²) in [5, 5.41) is 9.46. The van der Waals surface area contributed by atoms with E-state index in [0.29, 0.717) is 12.1 Å². The molecule has 1 atom stereocenters. The van der Waals surface area contributed by atoms with Crippen LogP contribution in [0.3, 0.4) is 0 Å². The Kier molecular flexibility index (Phi) is 4.01. The molecule has 0 saturated carbocycles. The third-order valence-corrected chi connectivity index (χ3v) is 3.22. The normalized spacial score (nSPS) is 12.6. The first-order valence-corrected chi connectivity index (χ1v) is 5.97. The van der Waals surface area contributed by atoms with Gasteiger partial charge >= 0.3 is 0 Å². The maximum absolute atomic E-state index is 13.7. The van der Waals surface area contributed by atoms with Gasteiger partial charge < -0.3 is 5.11 Å². The molecule has 1 nitrogen and oxygen atoms in total. The van der Waals surface area contributed by atoms with E-state index in [0.717, 1.165) is 6.07 Å². The molecule has 0 radical (unpaired) electrons. The van der Waals surface area contributed by atoms with Gasteiger partial charge in [-0.2, -0.15) is 0 Å². The van der Waals surface area contributed by atoms with Crippen molar-refractivity contribution in [3.05, 3.63) is 69.2 Å². The Morgan fingerprint density at radius 3 is 2.25 bits per heavy atom. The summed E-state index contributed by atoms with van der Waals surface area (Å²) in [5.41, 5.74) is -0.955. The Morgan fingerprint density at radius 1 is 0.950 bits per heavy atom. The molecule has 0 heterocycles. The highest BCUT2D eigenvalue weighted by Crippen LogP contribution is 2.30. The molecule has 0 aromatic heterocycles. The minimum absolute atomic E-state index is 0.0428. The van der Waals surface area contributed by atoms with Crippen molar-refractivity contribution in [3.63, 3.8) is 0 Å².